The van der Waals surface area contributed by atoms with Gasteiger partial charge in [-0.2, -0.15) is 8.42 Å². The van der Waals surface area contributed by atoms with Crippen LogP contribution in [0, 0.1) is 6.92 Å². The smallest absolute Gasteiger partial charge is 0.422 e. The van der Waals surface area contributed by atoms with E-state index < -0.39 is 16.3 Å². The normalized spacial score (nSPS) is 10.8. The number of aryl methyl sites for hydroxylation is 1. The fraction of sp³-hybridized carbons (Fsp3) is 0.222. The van der Waals surface area contributed by atoms with Crippen LogP contribution in [0.5, 0.6) is 5.75 Å². The van der Waals surface area contributed by atoms with Crippen molar-refractivity contribution in [3.8, 4) is 5.75 Å². The van der Waals surface area contributed by atoms with E-state index in [0.29, 0.717) is 5.56 Å². The van der Waals surface area contributed by atoms with E-state index in [1.165, 1.54) is 12.1 Å². The molecule has 0 heterocycles. The third kappa shape index (κ3) is 3.67. The number of methoxy groups -OCH3 is 1. The Morgan fingerprint density at radius 1 is 1.44 bits per heavy atom. The SMILES string of the molecule is COC(=O)NS(=O)(=O)Nc1cc(Cl)cc(C)c1O. The van der Waals surface area contributed by atoms with Gasteiger partial charge in [0.15, 0.2) is 0 Å². The quantitative estimate of drug-likeness (QED) is 0.730. The first-order valence-corrected chi connectivity index (χ1v) is 6.49. The fourth-order valence-electron chi connectivity index (χ4n) is 1.13. The average molecular weight is 295 g/mol. The lowest BCUT2D eigenvalue weighted by Crippen LogP contribution is -2.35. The minimum absolute atomic E-state index is 0.142. The van der Waals surface area contributed by atoms with Crippen LogP contribution in [0.15, 0.2) is 12.1 Å². The van der Waals surface area contributed by atoms with Crippen molar-refractivity contribution in [3.05, 3.63) is 22.7 Å². The molecule has 0 spiro atoms. The highest BCUT2D eigenvalue weighted by molar-refractivity contribution is 7.91. The number of aromatic hydroxyl groups is 1. The van der Waals surface area contributed by atoms with Crippen molar-refractivity contribution < 1.29 is 23.1 Å². The molecule has 0 aliphatic heterocycles. The van der Waals surface area contributed by atoms with Crippen LogP contribution >= 0.6 is 11.6 Å². The summed E-state index contributed by atoms with van der Waals surface area (Å²) in [6.45, 7) is 1.55. The van der Waals surface area contributed by atoms with Crippen molar-refractivity contribution >= 4 is 33.6 Å². The predicted octanol–water partition coefficient (Wildman–Crippen LogP) is 1.37. The Hall–Kier alpha value is -1.67. The largest absolute Gasteiger partial charge is 0.505 e. The van der Waals surface area contributed by atoms with E-state index in [1.54, 1.807) is 11.6 Å². The third-order valence-corrected chi connectivity index (χ3v) is 3.05. The molecular formula is C9H11ClN2O5S. The molecule has 9 heteroatoms. The highest BCUT2D eigenvalue weighted by Crippen LogP contribution is 2.31. The number of carbonyl (C=O) groups is 1. The maximum absolute atomic E-state index is 11.5. The number of ether oxygens (including phenoxy) is 1. The summed E-state index contributed by atoms with van der Waals surface area (Å²) in [6, 6.07) is 2.67. The molecule has 0 unspecified atom stereocenters. The van der Waals surface area contributed by atoms with Gasteiger partial charge < -0.3 is 9.84 Å². The van der Waals surface area contributed by atoms with E-state index in [-0.39, 0.29) is 16.5 Å². The highest BCUT2D eigenvalue weighted by atomic mass is 35.5. The van der Waals surface area contributed by atoms with Gasteiger partial charge in [0.05, 0.1) is 12.8 Å². The zero-order chi connectivity index (χ0) is 13.9. The lowest BCUT2D eigenvalue weighted by atomic mass is 10.2. The summed E-state index contributed by atoms with van der Waals surface area (Å²) in [5, 5.41) is 9.88. The maximum Gasteiger partial charge on any atom is 0.422 e. The van der Waals surface area contributed by atoms with Crippen molar-refractivity contribution in [1.82, 2.24) is 4.72 Å². The van der Waals surface area contributed by atoms with Crippen molar-refractivity contribution in [2.24, 2.45) is 0 Å². The highest BCUT2D eigenvalue weighted by Gasteiger charge is 2.17. The van der Waals surface area contributed by atoms with E-state index in [9.17, 15) is 18.3 Å². The van der Waals surface area contributed by atoms with E-state index in [2.05, 4.69) is 4.74 Å². The van der Waals surface area contributed by atoms with E-state index in [0.717, 1.165) is 7.11 Å². The van der Waals surface area contributed by atoms with Crippen LogP contribution in [0.25, 0.3) is 0 Å². The van der Waals surface area contributed by atoms with Crippen molar-refractivity contribution in [1.29, 1.82) is 0 Å². The monoisotopic (exact) mass is 294 g/mol. The number of phenols is 1. The third-order valence-electron chi connectivity index (χ3n) is 1.91. The molecular weight excluding hydrogens is 284 g/mol. The minimum Gasteiger partial charge on any atom is -0.505 e. The second-order valence-electron chi connectivity index (χ2n) is 3.32. The number of amides is 1. The summed E-state index contributed by atoms with van der Waals surface area (Å²) >= 11 is 5.73. The van der Waals surface area contributed by atoms with E-state index >= 15 is 0 Å². The first-order valence-electron chi connectivity index (χ1n) is 4.63. The number of hydrogen-bond donors (Lipinski definition) is 3. The van der Waals surface area contributed by atoms with E-state index in [4.69, 9.17) is 11.6 Å². The molecule has 0 saturated heterocycles. The number of hydrogen-bond acceptors (Lipinski definition) is 5. The number of carbonyl (C=O) groups excluding carboxylic acids is 1. The molecule has 1 rings (SSSR count). The lowest BCUT2D eigenvalue weighted by molar-refractivity contribution is 0.177. The molecule has 0 radical (unpaired) electrons. The molecule has 7 nitrogen and oxygen atoms in total. The fourth-order valence-corrected chi connectivity index (χ4v) is 2.21. The van der Waals surface area contributed by atoms with Crippen LogP contribution in [0.2, 0.25) is 5.02 Å². The summed E-state index contributed by atoms with van der Waals surface area (Å²) in [7, 11) is -3.18. The van der Waals surface area contributed by atoms with Crippen LogP contribution in [0.4, 0.5) is 10.5 Å². The Bertz CT molecular complexity index is 573. The Kier molecular flexibility index (Phi) is 4.25. The first-order chi connectivity index (χ1) is 8.25. The predicted molar refractivity (Wildman–Crippen MR) is 65.9 cm³/mol. The molecule has 1 aromatic carbocycles. The number of nitrogens with one attached hydrogen (secondary N) is 2. The number of benzene rings is 1. The molecule has 100 valence electrons. The molecule has 3 N–H and O–H groups in total. The van der Waals surface area contributed by atoms with Crippen LogP contribution < -0.4 is 9.44 Å². The Morgan fingerprint density at radius 3 is 2.61 bits per heavy atom. The summed E-state index contributed by atoms with van der Waals surface area (Å²) in [5.41, 5.74) is 0.245. The minimum atomic E-state index is -4.20. The maximum atomic E-state index is 11.5. The number of anilines is 1. The van der Waals surface area contributed by atoms with Crippen molar-refractivity contribution in [3.63, 3.8) is 0 Å². The standard InChI is InChI=1S/C9H11ClN2O5S/c1-5-3-6(10)4-7(8(5)13)11-18(15,16)12-9(14)17-2/h3-4,11,13H,1-2H3,(H,12,14). The molecule has 0 bridgehead atoms. The van der Waals surface area contributed by atoms with Crippen LogP contribution in [0.1, 0.15) is 5.56 Å². The number of phenolic OH excluding ortho intramolecular Hbond substituents is 1. The zero-order valence-corrected chi connectivity index (χ0v) is 11.1. The second kappa shape index (κ2) is 5.32. The van der Waals surface area contributed by atoms with E-state index in [1.807, 2.05) is 4.72 Å². The molecule has 1 amide bonds. The average Bonchev–Trinajstić information content (AvgIpc) is 2.23. The van der Waals surface area contributed by atoms with Gasteiger partial charge in [0.2, 0.25) is 0 Å². The molecule has 0 fully saturated rings. The summed E-state index contributed by atoms with van der Waals surface area (Å²) < 4.78 is 30.6. The van der Waals surface area contributed by atoms with Gasteiger partial charge in [-0.3, -0.25) is 4.72 Å². The van der Waals surface area contributed by atoms with Gasteiger partial charge in [-0.15, -0.1) is 0 Å². The topological polar surface area (TPSA) is 105 Å². The van der Waals surface area contributed by atoms with Crippen LogP contribution in [-0.4, -0.2) is 26.7 Å². The van der Waals surface area contributed by atoms with Gasteiger partial charge >= 0.3 is 16.3 Å². The second-order valence-corrected chi connectivity index (χ2v) is 5.17. The lowest BCUT2D eigenvalue weighted by Gasteiger charge is -2.11. The van der Waals surface area contributed by atoms with Gasteiger partial charge in [0.1, 0.15) is 5.75 Å². The molecule has 0 saturated carbocycles. The number of rotatable bonds is 3. The van der Waals surface area contributed by atoms with Gasteiger partial charge in [0.25, 0.3) is 0 Å². The first kappa shape index (κ1) is 14.4. The summed E-state index contributed by atoms with van der Waals surface area (Å²) in [6.07, 6.45) is -1.15. The van der Waals surface area contributed by atoms with Crippen LogP contribution in [-0.2, 0) is 14.9 Å². The Morgan fingerprint density at radius 2 is 2.06 bits per heavy atom. The molecule has 0 atom stereocenters. The van der Waals surface area contributed by atoms with Gasteiger partial charge in [0, 0.05) is 5.02 Å². The van der Waals surface area contributed by atoms with Gasteiger partial charge in [-0.25, -0.2) is 9.52 Å². The molecule has 1 aromatic rings. The van der Waals surface area contributed by atoms with Gasteiger partial charge in [-0.1, -0.05) is 11.6 Å². The Labute approximate surface area is 109 Å². The molecule has 0 aromatic heterocycles. The van der Waals surface area contributed by atoms with Crippen molar-refractivity contribution in [2.45, 2.75) is 6.92 Å². The molecule has 0 aliphatic carbocycles. The van der Waals surface area contributed by atoms with Gasteiger partial charge in [-0.05, 0) is 24.6 Å². The number of halogens is 1. The molecule has 0 aliphatic rings. The summed E-state index contributed by atoms with van der Waals surface area (Å²) in [4.78, 5) is 10.8. The zero-order valence-electron chi connectivity index (χ0n) is 9.52. The van der Waals surface area contributed by atoms with Crippen molar-refractivity contribution in [2.75, 3.05) is 11.8 Å². The Balaban J connectivity index is 3.01. The molecule has 18 heavy (non-hydrogen) atoms. The van der Waals surface area contributed by atoms with Crippen LogP contribution in [0.3, 0.4) is 0 Å². The summed E-state index contributed by atoms with van der Waals surface area (Å²) in [5.74, 6) is -0.283.